The molecule has 4 aliphatic heterocycles. The van der Waals surface area contributed by atoms with E-state index in [0.29, 0.717) is 37.1 Å². The Morgan fingerprint density at radius 2 is 1.76 bits per heavy atom. The highest BCUT2D eigenvalue weighted by molar-refractivity contribution is 6.10. The maximum absolute atomic E-state index is 13.2. The Morgan fingerprint density at radius 3 is 2.49 bits per heavy atom. The summed E-state index contributed by atoms with van der Waals surface area (Å²) in [6.07, 6.45) is 9.95. The summed E-state index contributed by atoms with van der Waals surface area (Å²) in [5.41, 5.74) is 0.685. The topological polar surface area (TPSA) is 88.2 Å². The summed E-state index contributed by atoms with van der Waals surface area (Å²) < 4.78 is 12.1. The first-order valence-electron chi connectivity index (χ1n) is 14.2. The zero-order valence-corrected chi connectivity index (χ0v) is 21.6. The van der Waals surface area contributed by atoms with Crippen LogP contribution in [0.4, 0.5) is 0 Å². The van der Waals surface area contributed by atoms with Crippen LogP contribution in [0, 0.1) is 17.8 Å². The highest BCUT2D eigenvalue weighted by atomic mass is 16.5. The number of carbonyl (C=O) groups excluding carboxylic acids is 3. The highest BCUT2D eigenvalue weighted by Gasteiger charge is 2.63. The number of benzene rings is 1. The number of hydrogen-bond acceptors (Lipinski definition) is 6. The van der Waals surface area contributed by atoms with Gasteiger partial charge in [-0.05, 0) is 93.4 Å². The number of rotatable bonds is 6. The molecule has 3 saturated heterocycles. The van der Waals surface area contributed by atoms with Gasteiger partial charge in [0.15, 0.2) is 0 Å². The molecule has 1 N–H and O–H groups in total. The summed E-state index contributed by atoms with van der Waals surface area (Å²) in [4.78, 5) is 42.1. The SMILES string of the molecule is COC1CCC(C2CN([C@@H]3CCC[C@H]3Oc3ccc4c(c3)CN(C35CC(C3)C(=O)NC5=O)C4=O)C2)CC1. The van der Waals surface area contributed by atoms with Gasteiger partial charge in [0, 0.05) is 44.3 Å². The van der Waals surface area contributed by atoms with Crippen LogP contribution in [0.2, 0.25) is 0 Å². The number of fused-ring (bicyclic) bond motifs is 3. The Bertz CT molecular complexity index is 1120. The molecule has 37 heavy (non-hydrogen) atoms. The van der Waals surface area contributed by atoms with Crippen molar-refractivity contribution in [2.45, 2.75) is 88.1 Å². The van der Waals surface area contributed by atoms with E-state index in [4.69, 9.17) is 9.47 Å². The third-order valence-electron chi connectivity index (χ3n) is 10.4. The molecule has 3 amide bonds. The van der Waals surface area contributed by atoms with E-state index in [9.17, 15) is 14.4 Å². The first-order valence-corrected chi connectivity index (χ1v) is 14.2. The number of piperidine rings is 2. The Labute approximate surface area is 218 Å². The summed E-state index contributed by atoms with van der Waals surface area (Å²) in [5, 5.41) is 2.45. The zero-order chi connectivity index (χ0) is 25.3. The number of methoxy groups -OCH3 is 1. The van der Waals surface area contributed by atoms with Crippen molar-refractivity contribution in [3.8, 4) is 5.75 Å². The molecule has 7 aliphatic rings. The quantitative estimate of drug-likeness (QED) is 0.596. The zero-order valence-electron chi connectivity index (χ0n) is 21.6. The lowest BCUT2D eigenvalue weighted by Gasteiger charge is -2.53. The van der Waals surface area contributed by atoms with Crippen molar-refractivity contribution < 1.29 is 23.9 Å². The minimum atomic E-state index is -0.872. The Morgan fingerprint density at radius 1 is 0.973 bits per heavy atom. The van der Waals surface area contributed by atoms with Crippen molar-refractivity contribution in [2.75, 3.05) is 20.2 Å². The number of imide groups is 1. The van der Waals surface area contributed by atoms with E-state index >= 15 is 0 Å². The smallest absolute Gasteiger partial charge is 0.255 e. The number of nitrogens with one attached hydrogen (secondary N) is 1. The third kappa shape index (κ3) is 3.74. The first-order chi connectivity index (χ1) is 17.9. The van der Waals surface area contributed by atoms with Crippen molar-refractivity contribution in [2.24, 2.45) is 17.8 Å². The predicted molar refractivity (Wildman–Crippen MR) is 135 cm³/mol. The van der Waals surface area contributed by atoms with Gasteiger partial charge < -0.3 is 14.4 Å². The fourth-order valence-electron chi connectivity index (χ4n) is 8.07. The van der Waals surface area contributed by atoms with Crippen LogP contribution < -0.4 is 10.1 Å². The number of ether oxygens (including phenoxy) is 2. The van der Waals surface area contributed by atoms with Gasteiger partial charge in [-0.3, -0.25) is 24.6 Å². The van der Waals surface area contributed by atoms with E-state index < -0.39 is 5.54 Å². The molecule has 2 atom stereocenters. The molecule has 3 aliphatic carbocycles. The molecule has 2 bridgehead atoms. The maximum atomic E-state index is 13.2. The van der Waals surface area contributed by atoms with Crippen molar-refractivity contribution in [3.63, 3.8) is 0 Å². The molecule has 8 nitrogen and oxygen atoms in total. The van der Waals surface area contributed by atoms with Crippen molar-refractivity contribution in [1.82, 2.24) is 15.1 Å². The molecule has 3 saturated carbocycles. The average Bonchev–Trinajstić information content (AvgIpc) is 3.42. The number of nitrogens with zero attached hydrogens (tertiary/aromatic N) is 2. The lowest BCUT2D eigenvalue weighted by molar-refractivity contribution is -0.160. The monoisotopic (exact) mass is 507 g/mol. The molecule has 0 unspecified atom stereocenters. The Balaban J connectivity index is 0.980. The fourth-order valence-corrected chi connectivity index (χ4v) is 8.07. The minimum Gasteiger partial charge on any atom is -0.489 e. The summed E-state index contributed by atoms with van der Waals surface area (Å²) in [7, 11) is 1.84. The van der Waals surface area contributed by atoms with E-state index in [1.807, 2.05) is 25.3 Å². The van der Waals surface area contributed by atoms with Gasteiger partial charge in [0.05, 0.1) is 6.10 Å². The Hall–Kier alpha value is -2.45. The van der Waals surface area contributed by atoms with E-state index in [2.05, 4.69) is 10.2 Å². The number of likely N-dealkylation sites (tertiary alicyclic amines) is 1. The fraction of sp³-hybridized carbons (Fsp3) is 0.690. The molecule has 0 radical (unpaired) electrons. The van der Waals surface area contributed by atoms with Crippen LogP contribution in [0.15, 0.2) is 18.2 Å². The van der Waals surface area contributed by atoms with Gasteiger partial charge in [-0.2, -0.15) is 0 Å². The Kier molecular flexibility index (Phi) is 5.63. The number of hydrogen-bond donors (Lipinski definition) is 1. The van der Waals surface area contributed by atoms with E-state index in [1.165, 1.54) is 51.6 Å². The van der Waals surface area contributed by atoms with Crippen molar-refractivity contribution in [1.29, 1.82) is 0 Å². The maximum Gasteiger partial charge on any atom is 0.255 e. The van der Waals surface area contributed by atoms with Crippen LogP contribution in [-0.4, -0.2) is 71.5 Å². The minimum absolute atomic E-state index is 0.116. The third-order valence-corrected chi connectivity index (χ3v) is 10.4. The molecular formula is C29H37N3O5. The van der Waals surface area contributed by atoms with Crippen LogP contribution >= 0.6 is 0 Å². The molecule has 8 heteroatoms. The molecule has 8 rings (SSSR count). The largest absolute Gasteiger partial charge is 0.489 e. The molecule has 1 aromatic rings. The molecule has 6 fully saturated rings. The molecule has 0 aromatic heterocycles. The summed E-state index contributed by atoms with van der Waals surface area (Å²) in [6.45, 7) is 2.77. The summed E-state index contributed by atoms with van der Waals surface area (Å²) in [5.74, 6) is 1.66. The van der Waals surface area contributed by atoms with Gasteiger partial charge in [-0.1, -0.05) is 0 Å². The van der Waals surface area contributed by atoms with Crippen molar-refractivity contribution in [3.05, 3.63) is 29.3 Å². The second-order valence-corrected chi connectivity index (χ2v) is 12.3. The van der Waals surface area contributed by atoms with E-state index in [0.717, 1.165) is 29.6 Å². The van der Waals surface area contributed by atoms with Gasteiger partial charge >= 0.3 is 0 Å². The normalized spacial score (nSPS) is 37.7. The predicted octanol–water partition coefficient (Wildman–Crippen LogP) is 2.88. The second-order valence-electron chi connectivity index (χ2n) is 12.3. The van der Waals surface area contributed by atoms with Crippen LogP contribution in [-0.2, 0) is 20.9 Å². The van der Waals surface area contributed by atoms with E-state index in [-0.39, 0.29) is 29.7 Å². The van der Waals surface area contributed by atoms with Crippen LogP contribution in [0.3, 0.4) is 0 Å². The molecular weight excluding hydrogens is 470 g/mol. The lowest BCUT2D eigenvalue weighted by atomic mass is 9.63. The first kappa shape index (κ1) is 23.7. The van der Waals surface area contributed by atoms with Gasteiger partial charge in [-0.25, -0.2) is 0 Å². The van der Waals surface area contributed by atoms with Crippen LogP contribution in [0.25, 0.3) is 0 Å². The molecule has 4 heterocycles. The highest BCUT2D eigenvalue weighted by Crippen LogP contribution is 2.49. The average molecular weight is 508 g/mol. The van der Waals surface area contributed by atoms with Gasteiger partial charge in [-0.15, -0.1) is 0 Å². The van der Waals surface area contributed by atoms with Crippen LogP contribution in [0.5, 0.6) is 5.75 Å². The summed E-state index contributed by atoms with van der Waals surface area (Å²) >= 11 is 0. The summed E-state index contributed by atoms with van der Waals surface area (Å²) in [6, 6.07) is 6.22. The molecule has 198 valence electrons. The van der Waals surface area contributed by atoms with E-state index in [1.54, 1.807) is 4.90 Å². The second kappa shape index (κ2) is 8.80. The molecule has 0 spiro atoms. The van der Waals surface area contributed by atoms with Crippen LogP contribution in [0.1, 0.15) is 73.7 Å². The number of carbonyl (C=O) groups is 3. The number of amides is 3. The molecule has 1 aromatic carbocycles. The standard InChI is InChI=1S/C29H37N3O5/c1-36-21-7-5-17(6-8-21)20-14-31(15-20)24-3-2-4-25(24)37-22-9-10-23-18(11-22)16-32(27(23)34)29-12-19(13-29)26(33)30-28(29)35/h9-11,17,19-21,24-25H,2-8,12-16H2,1H3,(H,30,33,35)/t17?,19?,21?,24-,25-,29?/m1/s1. The van der Waals surface area contributed by atoms with Crippen molar-refractivity contribution >= 4 is 17.7 Å². The van der Waals surface area contributed by atoms with Gasteiger partial charge in [0.25, 0.3) is 11.8 Å². The van der Waals surface area contributed by atoms with Gasteiger partial charge in [0.2, 0.25) is 5.91 Å². The van der Waals surface area contributed by atoms with Gasteiger partial charge in [0.1, 0.15) is 17.4 Å². The lowest BCUT2D eigenvalue weighted by Crippen LogP contribution is -2.73.